The van der Waals surface area contributed by atoms with Crippen LogP contribution in [0.4, 0.5) is 5.95 Å². The number of nitrogens with zero attached hydrogens (tertiary/aromatic N) is 3. The van der Waals surface area contributed by atoms with Gasteiger partial charge in [-0.2, -0.15) is 4.98 Å². The van der Waals surface area contributed by atoms with Gasteiger partial charge in [0.2, 0.25) is 11.8 Å². The van der Waals surface area contributed by atoms with Crippen molar-refractivity contribution in [2.24, 2.45) is 0 Å². The van der Waals surface area contributed by atoms with E-state index in [0.717, 1.165) is 10.9 Å². The number of aromatic nitrogens is 3. The standard InChI is InChI=1S/C13H9ClN4O/c14-10-7-17-13(15)18-12(10)19-9-4-3-8-2-1-5-16-11(8)6-9/h1-7H,(H2,15,17,18). The molecule has 3 aromatic rings. The Morgan fingerprint density at radius 3 is 2.95 bits per heavy atom. The van der Waals surface area contributed by atoms with E-state index in [4.69, 9.17) is 22.1 Å². The summed E-state index contributed by atoms with van der Waals surface area (Å²) in [5, 5.41) is 1.33. The lowest BCUT2D eigenvalue weighted by Gasteiger charge is -2.07. The predicted octanol–water partition coefficient (Wildman–Crippen LogP) is 3.05. The highest BCUT2D eigenvalue weighted by Crippen LogP contribution is 2.28. The molecule has 94 valence electrons. The number of benzene rings is 1. The highest BCUT2D eigenvalue weighted by atomic mass is 35.5. The number of anilines is 1. The molecule has 6 heteroatoms. The summed E-state index contributed by atoms with van der Waals surface area (Å²) < 4.78 is 5.60. The van der Waals surface area contributed by atoms with E-state index in [-0.39, 0.29) is 11.8 Å². The molecular weight excluding hydrogens is 264 g/mol. The third kappa shape index (κ3) is 2.41. The van der Waals surface area contributed by atoms with Crippen molar-refractivity contribution >= 4 is 28.5 Å². The molecule has 1 aromatic carbocycles. The van der Waals surface area contributed by atoms with Crippen LogP contribution in [0.2, 0.25) is 5.02 Å². The average molecular weight is 273 g/mol. The van der Waals surface area contributed by atoms with Gasteiger partial charge in [0, 0.05) is 17.6 Å². The van der Waals surface area contributed by atoms with Crippen LogP contribution in [0, 0.1) is 0 Å². The Morgan fingerprint density at radius 1 is 1.16 bits per heavy atom. The van der Waals surface area contributed by atoms with Crippen molar-refractivity contribution < 1.29 is 4.74 Å². The molecule has 0 aliphatic rings. The minimum absolute atomic E-state index is 0.110. The van der Waals surface area contributed by atoms with Crippen LogP contribution in [-0.2, 0) is 0 Å². The number of rotatable bonds is 2. The van der Waals surface area contributed by atoms with Gasteiger partial charge in [-0.15, -0.1) is 0 Å². The normalized spacial score (nSPS) is 10.6. The Morgan fingerprint density at radius 2 is 2.05 bits per heavy atom. The van der Waals surface area contributed by atoms with Crippen molar-refractivity contribution in [1.82, 2.24) is 15.0 Å². The lowest BCUT2D eigenvalue weighted by atomic mass is 10.2. The van der Waals surface area contributed by atoms with Gasteiger partial charge in [-0.1, -0.05) is 17.7 Å². The Balaban J connectivity index is 1.98. The van der Waals surface area contributed by atoms with E-state index < -0.39 is 0 Å². The smallest absolute Gasteiger partial charge is 0.243 e. The fraction of sp³-hybridized carbons (Fsp3) is 0. The van der Waals surface area contributed by atoms with Crippen molar-refractivity contribution in [3.05, 3.63) is 47.7 Å². The van der Waals surface area contributed by atoms with Crippen molar-refractivity contribution in [2.75, 3.05) is 5.73 Å². The minimum Gasteiger partial charge on any atom is -0.437 e. The van der Waals surface area contributed by atoms with Crippen LogP contribution in [0.25, 0.3) is 10.9 Å². The Hall–Kier alpha value is -2.40. The molecule has 0 amide bonds. The topological polar surface area (TPSA) is 73.9 Å². The largest absolute Gasteiger partial charge is 0.437 e. The summed E-state index contributed by atoms with van der Waals surface area (Å²) in [5.41, 5.74) is 6.33. The lowest BCUT2D eigenvalue weighted by Crippen LogP contribution is -1.97. The Labute approximate surface area is 114 Å². The number of hydrogen-bond donors (Lipinski definition) is 1. The number of fused-ring (bicyclic) bond motifs is 1. The molecule has 2 aromatic heterocycles. The summed E-state index contributed by atoms with van der Waals surface area (Å²) in [6, 6.07) is 9.39. The minimum atomic E-state index is 0.110. The third-order valence-electron chi connectivity index (χ3n) is 2.52. The molecule has 0 saturated heterocycles. The summed E-state index contributed by atoms with van der Waals surface area (Å²) >= 11 is 5.94. The Bertz CT molecular complexity index is 748. The van der Waals surface area contributed by atoms with Crippen LogP contribution in [0.1, 0.15) is 0 Å². The van der Waals surface area contributed by atoms with Gasteiger partial charge in [-0.25, -0.2) is 4.98 Å². The van der Waals surface area contributed by atoms with Crippen LogP contribution in [-0.4, -0.2) is 15.0 Å². The first-order chi connectivity index (χ1) is 9.22. The van der Waals surface area contributed by atoms with Gasteiger partial charge in [-0.05, 0) is 18.2 Å². The van der Waals surface area contributed by atoms with E-state index in [2.05, 4.69) is 15.0 Å². The quantitative estimate of drug-likeness (QED) is 0.776. The first kappa shape index (κ1) is 11.7. The van der Waals surface area contributed by atoms with Crippen LogP contribution in [0.15, 0.2) is 42.7 Å². The fourth-order valence-corrected chi connectivity index (χ4v) is 1.79. The number of nitrogens with two attached hydrogens (primary N) is 1. The highest BCUT2D eigenvalue weighted by Gasteiger charge is 2.07. The second-order valence-electron chi connectivity index (χ2n) is 3.84. The van der Waals surface area contributed by atoms with Crippen molar-refractivity contribution in [3.63, 3.8) is 0 Å². The molecule has 2 N–H and O–H groups in total. The molecule has 2 heterocycles. The van der Waals surface area contributed by atoms with E-state index in [1.54, 1.807) is 6.20 Å². The molecule has 3 rings (SSSR count). The summed E-state index contributed by atoms with van der Waals surface area (Å²) in [4.78, 5) is 12.0. The highest BCUT2D eigenvalue weighted by molar-refractivity contribution is 6.31. The maximum Gasteiger partial charge on any atom is 0.243 e. The zero-order chi connectivity index (χ0) is 13.2. The number of halogens is 1. The molecule has 0 aliphatic carbocycles. The molecular formula is C13H9ClN4O. The molecule has 0 atom stereocenters. The molecule has 0 aliphatic heterocycles. The maximum atomic E-state index is 5.94. The molecule has 0 unspecified atom stereocenters. The molecule has 0 saturated carbocycles. The zero-order valence-corrected chi connectivity index (χ0v) is 10.5. The first-order valence-electron chi connectivity index (χ1n) is 5.53. The molecule has 0 bridgehead atoms. The second kappa shape index (κ2) is 4.70. The molecule has 5 nitrogen and oxygen atoms in total. The lowest BCUT2D eigenvalue weighted by molar-refractivity contribution is 0.463. The molecule has 0 radical (unpaired) electrons. The summed E-state index contributed by atoms with van der Waals surface area (Å²) in [6.07, 6.45) is 3.13. The van der Waals surface area contributed by atoms with Gasteiger partial charge >= 0.3 is 0 Å². The van der Waals surface area contributed by atoms with Crippen LogP contribution < -0.4 is 10.5 Å². The van der Waals surface area contributed by atoms with Crippen LogP contribution in [0.3, 0.4) is 0 Å². The third-order valence-corrected chi connectivity index (χ3v) is 2.78. The van der Waals surface area contributed by atoms with E-state index in [1.165, 1.54) is 6.20 Å². The first-order valence-corrected chi connectivity index (χ1v) is 5.91. The predicted molar refractivity (Wildman–Crippen MR) is 73.3 cm³/mol. The summed E-state index contributed by atoms with van der Waals surface area (Å²) in [5.74, 6) is 0.925. The summed E-state index contributed by atoms with van der Waals surface area (Å²) in [7, 11) is 0. The summed E-state index contributed by atoms with van der Waals surface area (Å²) in [6.45, 7) is 0. The second-order valence-corrected chi connectivity index (χ2v) is 4.25. The zero-order valence-electron chi connectivity index (χ0n) is 9.75. The van der Waals surface area contributed by atoms with E-state index in [9.17, 15) is 0 Å². The molecule has 0 spiro atoms. The fourth-order valence-electron chi connectivity index (χ4n) is 1.66. The van der Waals surface area contributed by atoms with Crippen LogP contribution >= 0.6 is 11.6 Å². The van der Waals surface area contributed by atoms with Crippen molar-refractivity contribution in [2.45, 2.75) is 0 Å². The molecule has 0 fully saturated rings. The van der Waals surface area contributed by atoms with Gasteiger partial charge < -0.3 is 10.5 Å². The van der Waals surface area contributed by atoms with Gasteiger partial charge in [0.25, 0.3) is 0 Å². The van der Waals surface area contributed by atoms with Gasteiger partial charge in [-0.3, -0.25) is 4.98 Å². The van der Waals surface area contributed by atoms with Gasteiger partial charge in [0.15, 0.2) is 0 Å². The van der Waals surface area contributed by atoms with Crippen LogP contribution in [0.5, 0.6) is 11.6 Å². The average Bonchev–Trinajstić information content (AvgIpc) is 2.43. The van der Waals surface area contributed by atoms with E-state index >= 15 is 0 Å². The van der Waals surface area contributed by atoms with Crippen molar-refractivity contribution in [1.29, 1.82) is 0 Å². The monoisotopic (exact) mass is 272 g/mol. The number of nitrogen functional groups attached to an aromatic ring is 1. The van der Waals surface area contributed by atoms with Crippen molar-refractivity contribution in [3.8, 4) is 11.6 Å². The van der Waals surface area contributed by atoms with Gasteiger partial charge in [0.05, 0.1) is 11.7 Å². The van der Waals surface area contributed by atoms with E-state index in [1.807, 2.05) is 30.3 Å². The SMILES string of the molecule is Nc1ncc(Cl)c(Oc2ccc3cccnc3c2)n1. The van der Waals surface area contributed by atoms with E-state index in [0.29, 0.717) is 10.8 Å². The number of ether oxygens (including phenoxy) is 1. The molecule has 19 heavy (non-hydrogen) atoms. The number of hydrogen-bond acceptors (Lipinski definition) is 5. The Kier molecular flexibility index (Phi) is 2.89. The van der Waals surface area contributed by atoms with Gasteiger partial charge in [0.1, 0.15) is 10.8 Å². The maximum absolute atomic E-state index is 5.94. The number of pyridine rings is 1.